The monoisotopic (exact) mass is 507 g/mol. The summed E-state index contributed by atoms with van der Waals surface area (Å²) in [5.74, 6) is 0.870. The maximum Gasteiger partial charge on any atom is 0.191 e. The number of nitrogens with one attached hydrogen (secondary N) is 2. The van der Waals surface area contributed by atoms with Gasteiger partial charge in [0, 0.05) is 36.9 Å². The largest absolute Gasteiger partial charge is 0.357 e. The average molecular weight is 508 g/mol. The molecule has 0 aliphatic carbocycles. The molecule has 0 amide bonds. The van der Waals surface area contributed by atoms with E-state index in [1.165, 1.54) is 5.01 Å². The molecule has 0 atom stereocenters. The number of hydrogen-bond donors (Lipinski definition) is 2. The number of rotatable bonds is 9. The molecule has 5 nitrogen and oxygen atoms in total. The first-order chi connectivity index (χ1) is 12.2. The SMILES string of the molecule is CCNC(=NCCCCc1nc(C)cs1)NCCc1ccc(Cl)nc1.I. The topological polar surface area (TPSA) is 62.2 Å². The van der Waals surface area contributed by atoms with Crippen molar-refractivity contribution in [3.8, 4) is 0 Å². The van der Waals surface area contributed by atoms with Crippen molar-refractivity contribution in [2.24, 2.45) is 4.99 Å². The molecule has 2 N–H and O–H groups in total. The van der Waals surface area contributed by atoms with Crippen LogP contribution in [-0.2, 0) is 12.8 Å². The number of aliphatic imine (C=N–C) groups is 1. The second kappa shape index (κ2) is 13.3. The van der Waals surface area contributed by atoms with E-state index in [1.54, 1.807) is 11.3 Å². The van der Waals surface area contributed by atoms with Gasteiger partial charge in [-0.15, -0.1) is 35.3 Å². The molecular weight excluding hydrogens is 481 g/mol. The van der Waals surface area contributed by atoms with Crippen molar-refractivity contribution in [3.05, 3.63) is 45.1 Å². The van der Waals surface area contributed by atoms with E-state index in [0.29, 0.717) is 5.15 Å². The number of pyridine rings is 1. The van der Waals surface area contributed by atoms with Crippen molar-refractivity contribution in [1.82, 2.24) is 20.6 Å². The molecule has 8 heteroatoms. The molecule has 0 aliphatic rings. The van der Waals surface area contributed by atoms with Gasteiger partial charge in [0.25, 0.3) is 0 Å². The first-order valence-electron chi connectivity index (χ1n) is 8.71. The first kappa shape index (κ1) is 23.1. The van der Waals surface area contributed by atoms with Crippen molar-refractivity contribution in [3.63, 3.8) is 0 Å². The van der Waals surface area contributed by atoms with Crippen molar-refractivity contribution < 1.29 is 0 Å². The van der Waals surface area contributed by atoms with Gasteiger partial charge in [-0.1, -0.05) is 17.7 Å². The predicted molar refractivity (Wildman–Crippen MR) is 122 cm³/mol. The number of guanidine groups is 1. The highest BCUT2D eigenvalue weighted by atomic mass is 127. The molecule has 2 aromatic rings. The van der Waals surface area contributed by atoms with Crippen LogP contribution in [0.2, 0.25) is 5.15 Å². The minimum atomic E-state index is 0. The molecule has 0 aliphatic heterocycles. The fraction of sp³-hybridized carbons (Fsp3) is 0.500. The van der Waals surface area contributed by atoms with Gasteiger partial charge in [-0.2, -0.15) is 0 Å². The lowest BCUT2D eigenvalue weighted by atomic mass is 10.2. The molecule has 2 aromatic heterocycles. The van der Waals surface area contributed by atoms with E-state index in [4.69, 9.17) is 11.6 Å². The van der Waals surface area contributed by atoms with Gasteiger partial charge in [-0.25, -0.2) is 9.97 Å². The third kappa shape index (κ3) is 9.14. The third-order valence-corrected chi connectivity index (χ3v) is 4.82. The average Bonchev–Trinajstić information content (AvgIpc) is 3.01. The zero-order valence-corrected chi connectivity index (χ0v) is 19.2. The molecule has 144 valence electrons. The van der Waals surface area contributed by atoms with Crippen LogP contribution in [0.25, 0.3) is 0 Å². The van der Waals surface area contributed by atoms with Gasteiger partial charge in [0.2, 0.25) is 0 Å². The molecule has 0 fully saturated rings. The second-order valence-corrected chi connectivity index (χ2v) is 7.10. The molecule has 0 radical (unpaired) electrons. The minimum Gasteiger partial charge on any atom is -0.357 e. The Morgan fingerprint density at radius 3 is 2.73 bits per heavy atom. The fourth-order valence-electron chi connectivity index (χ4n) is 2.32. The van der Waals surface area contributed by atoms with Crippen LogP contribution >= 0.6 is 46.9 Å². The van der Waals surface area contributed by atoms with Crippen LogP contribution in [0.5, 0.6) is 0 Å². The summed E-state index contributed by atoms with van der Waals surface area (Å²) in [5, 5.41) is 10.5. The van der Waals surface area contributed by atoms with E-state index < -0.39 is 0 Å². The van der Waals surface area contributed by atoms with Crippen LogP contribution < -0.4 is 10.6 Å². The summed E-state index contributed by atoms with van der Waals surface area (Å²) in [7, 11) is 0. The highest BCUT2D eigenvalue weighted by Crippen LogP contribution is 2.11. The Labute approximate surface area is 182 Å². The third-order valence-electron chi connectivity index (χ3n) is 3.57. The molecule has 26 heavy (non-hydrogen) atoms. The Kier molecular flexibility index (Phi) is 11.8. The zero-order valence-electron chi connectivity index (χ0n) is 15.3. The van der Waals surface area contributed by atoms with Gasteiger partial charge in [0.1, 0.15) is 5.15 Å². The van der Waals surface area contributed by atoms with Crippen molar-refractivity contribution in [2.75, 3.05) is 19.6 Å². The molecule has 0 spiro atoms. The van der Waals surface area contributed by atoms with E-state index in [1.807, 2.05) is 25.3 Å². The Balaban J connectivity index is 0.00000338. The van der Waals surface area contributed by atoms with Crippen LogP contribution in [0.15, 0.2) is 28.7 Å². The predicted octanol–water partition coefficient (Wildman–Crippen LogP) is 4.24. The van der Waals surface area contributed by atoms with Gasteiger partial charge in [0.05, 0.1) is 5.01 Å². The maximum atomic E-state index is 5.80. The number of thiazole rings is 1. The van der Waals surface area contributed by atoms with E-state index in [-0.39, 0.29) is 24.0 Å². The second-order valence-electron chi connectivity index (χ2n) is 5.77. The normalized spacial score (nSPS) is 11.1. The summed E-state index contributed by atoms with van der Waals surface area (Å²) in [6.45, 7) is 6.60. The number of aromatic nitrogens is 2. The first-order valence-corrected chi connectivity index (χ1v) is 9.96. The Morgan fingerprint density at radius 2 is 2.08 bits per heavy atom. The van der Waals surface area contributed by atoms with Crippen molar-refractivity contribution in [2.45, 2.75) is 39.5 Å². The molecule has 2 heterocycles. The molecule has 0 unspecified atom stereocenters. The molecular formula is C18H27ClIN5S. The van der Waals surface area contributed by atoms with Crippen LogP contribution in [0.1, 0.15) is 36.0 Å². The molecule has 0 aromatic carbocycles. The van der Waals surface area contributed by atoms with Gasteiger partial charge < -0.3 is 10.6 Å². The van der Waals surface area contributed by atoms with Gasteiger partial charge in [0.15, 0.2) is 5.96 Å². The highest BCUT2D eigenvalue weighted by Gasteiger charge is 2.00. The minimum absolute atomic E-state index is 0. The Hall–Kier alpha value is -0.930. The lowest BCUT2D eigenvalue weighted by Gasteiger charge is -2.11. The molecule has 0 saturated carbocycles. The number of aryl methyl sites for hydroxylation is 2. The Bertz CT molecular complexity index is 660. The lowest BCUT2D eigenvalue weighted by molar-refractivity contribution is 0.727. The van der Waals surface area contributed by atoms with Crippen molar-refractivity contribution in [1.29, 1.82) is 0 Å². The Morgan fingerprint density at radius 1 is 1.23 bits per heavy atom. The smallest absolute Gasteiger partial charge is 0.191 e. The van der Waals surface area contributed by atoms with Crippen molar-refractivity contribution >= 4 is 52.9 Å². The highest BCUT2D eigenvalue weighted by molar-refractivity contribution is 14.0. The van der Waals surface area contributed by atoms with Gasteiger partial charge in [-0.05, 0) is 51.2 Å². The standard InChI is InChI=1S/C18H26ClN5S.HI/c1-3-20-18(22-11-9-15-7-8-16(19)23-12-15)21-10-5-4-6-17-24-14(2)13-25-17;/h7-8,12-13H,3-6,9-11H2,1-2H3,(H2,20,21,22);1H. The summed E-state index contributed by atoms with van der Waals surface area (Å²) < 4.78 is 0. The molecule has 0 saturated heterocycles. The van der Waals surface area contributed by atoms with Crippen LogP contribution in [-0.4, -0.2) is 35.6 Å². The molecule has 0 bridgehead atoms. The summed E-state index contributed by atoms with van der Waals surface area (Å²) in [6, 6.07) is 3.82. The zero-order chi connectivity index (χ0) is 17.9. The van der Waals surface area contributed by atoms with E-state index >= 15 is 0 Å². The summed E-state index contributed by atoms with van der Waals surface area (Å²) in [4.78, 5) is 13.2. The van der Waals surface area contributed by atoms with Crippen LogP contribution in [0.3, 0.4) is 0 Å². The van der Waals surface area contributed by atoms with Crippen LogP contribution in [0.4, 0.5) is 0 Å². The summed E-state index contributed by atoms with van der Waals surface area (Å²) in [6.07, 6.45) is 5.93. The van der Waals surface area contributed by atoms with E-state index in [9.17, 15) is 0 Å². The van der Waals surface area contributed by atoms with Gasteiger partial charge >= 0.3 is 0 Å². The number of unbranched alkanes of at least 4 members (excludes halogenated alkanes) is 1. The summed E-state index contributed by atoms with van der Waals surface area (Å²) >= 11 is 7.55. The maximum absolute atomic E-state index is 5.80. The van der Waals surface area contributed by atoms with E-state index in [0.717, 1.165) is 62.5 Å². The number of halogens is 2. The molecule has 2 rings (SSSR count). The van der Waals surface area contributed by atoms with E-state index in [2.05, 4.69) is 37.9 Å². The lowest BCUT2D eigenvalue weighted by Crippen LogP contribution is -2.38. The number of nitrogens with zero attached hydrogens (tertiary/aromatic N) is 3. The summed E-state index contributed by atoms with van der Waals surface area (Å²) in [5.41, 5.74) is 2.28. The number of hydrogen-bond acceptors (Lipinski definition) is 4. The van der Waals surface area contributed by atoms with Gasteiger partial charge in [-0.3, -0.25) is 4.99 Å². The van der Waals surface area contributed by atoms with Crippen LogP contribution in [0, 0.1) is 6.92 Å². The fourth-order valence-corrected chi connectivity index (χ4v) is 3.25. The quantitative estimate of drug-likeness (QED) is 0.175.